The first kappa shape index (κ1) is 38.0. The molecule has 3 aromatic rings. The molecule has 1 aliphatic rings. The van der Waals surface area contributed by atoms with Crippen LogP contribution in [0.1, 0.15) is 11.1 Å². The molecule has 0 aromatic heterocycles. The number of methoxy groups -OCH3 is 2. The minimum Gasteiger partial charge on any atom is -0.495 e. The molecule has 0 atom stereocenters. The third-order valence-corrected chi connectivity index (χ3v) is 9.14. The van der Waals surface area contributed by atoms with Crippen LogP contribution < -0.4 is 35.6 Å². The fourth-order valence-corrected chi connectivity index (χ4v) is 7.86. The Morgan fingerprint density at radius 2 is 1.27 bits per heavy atom. The second kappa shape index (κ2) is 18.2. The number of morpholine rings is 1. The smallest absolute Gasteiger partial charge is 0.250 e. The Morgan fingerprint density at radius 1 is 0.771 bits per heavy atom. The van der Waals surface area contributed by atoms with Gasteiger partial charge in [0.25, 0.3) is 0 Å². The number of carbonyl (C=O) groups excluding carboxylic acids is 2. The molecule has 1 saturated heterocycles. The molecule has 1 heterocycles. The molecule has 0 saturated carbocycles. The molecule has 0 aliphatic carbocycles. The van der Waals surface area contributed by atoms with E-state index in [1.807, 2.05) is 36.4 Å². The number of nitrogens with one attached hydrogen (secondary N) is 4. The monoisotopic (exact) mass is 943 g/mol. The van der Waals surface area contributed by atoms with Gasteiger partial charge in [0, 0.05) is 51.0 Å². The number of hydrogen-bond donors (Lipinski definition) is 4. The van der Waals surface area contributed by atoms with E-state index in [4.69, 9.17) is 38.6 Å². The molecule has 1 aliphatic heterocycles. The summed E-state index contributed by atoms with van der Waals surface area (Å²) < 4.78 is 19.5. The second-order valence-electron chi connectivity index (χ2n) is 9.90. The lowest BCUT2D eigenvalue weighted by molar-refractivity contribution is -0.115. The van der Waals surface area contributed by atoms with Crippen molar-refractivity contribution in [3.63, 3.8) is 0 Å². The highest BCUT2D eigenvalue weighted by Gasteiger charge is 2.17. The van der Waals surface area contributed by atoms with Crippen molar-refractivity contribution in [3.05, 3.63) is 83.6 Å². The Morgan fingerprint density at radius 3 is 1.77 bits per heavy atom. The summed E-state index contributed by atoms with van der Waals surface area (Å²) in [6, 6.07) is 12.9. The fraction of sp³-hybridized carbons (Fsp3) is 0.188. The predicted molar refractivity (Wildman–Crippen MR) is 213 cm³/mol. The first-order chi connectivity index (χ1) is 23.0. The van der Waals surface area contributed by atoms with E-state index in [-0.39, 0.29) is 10.2 Å². The Labute approximate surface area is 322 Å². The summed E-state index contributed by atoms with van der Waals surface area (Å²) in [6.07, 6.45) is 5.99. The minimum atomic E-state index is -0.433. The molecule has 1 fully saturated rings. The van der Waals surface area contributed by atoms with Crippen LogP contribution in [0.3, 0.4) is 0 Å². The molecule has 0 unspecified atom stereocenters. The maximum absolute atomic E-state index is 12.8. The van der Waals surface area contributed by atoms with Gasteiger partial charge in [0.2, 0.25) is 11.8 Å². The van der Waals surface area contributed by atoms with Crippen molar-refractivity contribution in [2.24, 2.45) is 0 Å². The van der Waals surface area contributed by atoms with Crippen LogP contribution in [0.25, 0.3) is 12.2 Å². The van der Waals surface area contributed by atoms with Crippen molar-refractivity contribution < 1.29 is 23.8 Å². The van der Waals surface area contributed by atoms with E-state index in [9.17, 15) is 9.59 Å². The summed E-state index contributed by atoms with van der Waals surface area (Å²) in [5, 5.41) is 11.7. The summed E-state index contributed by atoms with van der Waals surface area (Å²) in [7, 11) is 3.11. The summed E-state index contributed by atoms with van der Waals surface area (Å²) in [6.45, 7) is 2.50. The zero-order valence-electron chi connectivity index (χ0n) is 25.5. The highest BCUT2D eigenvalue weighted by molar-refractivity contribution is 9.11. The number of halogens is 4. The van der Waals surface area contributed by atoms with Crippen molar-refractivity contribution in [2.45, 2.75) is 0 Å². The molecule has 4 rings (SSSR count). The number of ether oxygens (including phenoxy) is 3. The van der Waals surface area contributed by atoms with E-state index in [1.165, 1.54) is 12.2 Å². The molecule has 0 spiro atoms. The largest absolute Gasteiger partial charge is 0.495 e. The molecule has 10 nitrogen and oxygen atoms in total. The third kappa shape index (κ3) is 10.8. The van der Waals surface area contributed by atoms with Crippen LogP contribution in [-0.2, 0) is 14.3 Å². The number of rotatable bonds is 9. The van der Waals surface area contributed by atoms with Gasteiger partial charge in [0.15, 0.2) is 10.2 Å². The summed E-state index contributed by atoms with van der Waals surface area (Å²) in [5.74, 6) is 0.313. The third-order valence-electron chi connectivity index (χ3n) is 6.64. The number of anilines is 3. The Bertz CT molecular complexity index is 1780. The minimum absolute atomic E-state index is 0.0905. The van der Waals surface area contributed by atoms with E-state index in [1.54, 1.807) is 32.4 Å². The lowest BCUT2D eigenvalue weighted by Crippen LogP contribution is -2.38. The van der Waals surface area contributed by atoms with E-state index in [0.717, 1.165) is 23.6 Å². The molecule has 48 heavy (non-hydrogen) atoms. The van der Waals surface area contributed by atoms with Gasteiger partial charge in [0.1, 0.15) is 11.5 Å². The zero-order chi connectivity index (χ0) is 34.8. The zero-order valence-corrected chi connectivity index (χ0v) is 33.5. The van der Waals surface area contributed by atoms with Gasteiger partial charge in [-0.25, -0.2) is 0 Å². The average Bonchev–Trinajstić information content (AvgIpc) is 3.02. The van der Waals surface area contributed by atoms with E-state index in [2.05, 4.69) is 89.9 Å². The Balaban J connectivity index is 1.44. The summed E-state index contributed by atoms with van der Waals surface area (Å²) in [5.41, 5.74) is 3.45. The maximum Gasteiger partial charge on any atom is 0.250 e. The van der Waals surface area contributed by atoms with Crippen LogP contribution >= 0.6 is 88.2 Å². The number of benzene rings is 3. The molecular weight excluding hydrogens is 918 g/mol. The van der Waals surface area contributed by atoms with Crippen LogP contribution in [0, 0.1) is 0 Å². The molecule has 16 heteroatoms. The van der Waals surface area contributed by atoms with Gasteiger partial charge in [-0.05, 0) is 111 Å². The maximum atomic E-state index is 12.8. The van der Waals surface area contributed by atoms with Crippen LogP contribution in [0.15, 0.2) is 72.5 Å². The average molecular weight is 947 g/mol. The van der Waals surface area contributed by atoms with Crippen molar-refractivity contribution in [3.8, 4) is 11.5 Å². The lowest BCUT2D eigenvalue weighted by Gasteiger charge is -2.31. The van der Waals surface area contributed by atoms with Crippen molar-refractivity contribution in [1.29, 1.82) is 0 Å². The first-order valence-electron chi connectivity index (χ1n) is 14.1. The quantitative estimate of drug-likeness (QED) is 0.126. The van der Waals surface area contributed by atoms with Gasteiger partial charge in [-0.1, -0.05) is 31.9 Å². The van der Waals surface area contributed by atoms with Crippen molar-refractivity contribution in [2.75, 3.05) is 56.1 Å². The molecular formula is C32H29Br4N5O5S2. The number of amides is 2. The normalized spacial score (nSPS) is 12.9. The topological polar surface area (TPSA) is 113 Å². The van der Waals surface area contributed by atoms with Gasteiger partial charge in [-0.2, -0.15) is 0 Å². The standard InChI is InChI=1S/C32H29Br4N5O5S2/c1-44-29-18(13-20(33)15-23(29)35)3-7-27(42)39-31(47)37-22-5-6-26(41-9-11-46-12-10-41)25(17-22)38-32(48)40-28(43)8-4-19-14-21(34)16-24(36)30(19)45-2/h3-8,13-17H,9-12H2,1-2H3,(H2,37,39,42,47)(H2,38,40,43,48)/b7-3+,8-4+. The molecule has 2 amide bonds. The van der Waals surface area contributed by atoms with Crippen molar-refractivity contribution >= 4 is 139 Å². The lowest BCUT2D eigenvalue weighted by atomic mass is 10.2. The summed E-state index contributed by atoms with van der Waals surface area (Å²) in [4.78, 5) is 27.6. The van der Waals surface area contributed by atoms with E-state index in [0.29, 0.717) is 60.3 Å². The Kier molecular flexibility index (Phi) is 14.4. The van der Waals surface area contributed by atoms with Gasteiger partial charge in [0.05, 0.1) is 47.8 Å². The highest BCUT2D eigenvalue weighted by Crippen LogP contribution is 2.35. The van der Waals surface area contributed by atoms with Crippen molar-refractivity contribution in [1.82, 2.24) is 10.6 Å². The number of nitrogens with zero attached hydrogens (tertiary/aromatic N) is 1. The molecule has 252 valence electrons. The predicted octanol–water partition coefficient (Wildman–Crippen LogP) is 7.64. The highest BCUT2D eigenvalue weighted by atomic mass is 79.9. The van der Waals surface area contributed by atoms with E-state index < -0.39 is 11.8 Å². The Hall–Kier alpha value is -2.86. The second-order valence-corrected chi connectivity index (χ2v) is 14.3. The van der Waals surface area contributed by atoms with Gasteiger partial charge in [-0.15, -0.1) is 0 Å². The van der Waals surface area contributed by atoms with Crippen LogP contribution in [0.2, 0.25) is 0 Å². The van der Waals surface area contributed by atoms with Gasteiger partial charge >= 0.3 is 0 Å². The van der Waals surface area contributed by atoms with Crippen LogP contribution in [0.5, 0.6) is 11.5 Å². The van der Waals surface area contributed by atoms with E-state index >= 15 is 0 Å². The van der Waals surface area contributed by atoms with Gasteiger partial charge in [-0.3, -0.25) is 20.2 Å². The van der Waals surface area contributed by atoms with Gasteiger partial charge < -0.3 is 29.7 Å². The number of carbonyl (C=O) groups is 2. The number of hydrogen-bond acceptors (Lipinski definition) is 8. The SMILES string of the molecule is COc1c(Br)cc(Br)cc1/C=C/C(=O)NC(=S)Nc1ccc(N2CCOCC2)c(NC(=S)NC(=O)/C=C/c2cc(Br)cc(Br)c2OC)c1. The van der Waals surface area contributed by atoms with Crippen LogP contribution in [-0.4, -0.2) is 62.6 Å². The fourth-order valence-electron chi connectivity index (χ4n) is 4.59. The van der Waals surface area contributed by atoms with Crippen LogP contribution in [0.4, 0.5) is 17.1 Å². The molecule has 3 aromatic carbocycles. The molecule has 0 radical (unpaired) electrons. The molecule has 4 N–H and O–H groups in total. The summed E-state index contributed by atoms with van der Waals surface area (Å²) >= 11 is 24.7. The number of thiocarbonyl (C=S) groups is 2. The molecule has 0 bridgehead atoms. The first-order valence-corrected chi connectivity index (χ1v) is 18.1.